The molecule has 0 saturated carbocycles. The van der Waals surface area contributed by atoms with Crippen LogP contribution in [0.15, 0.2) is 30.6 Å². The fourth-order valence-electron chi connectivity index (χ4n) is 2.84. The second kappa shape index (κ2) is 4.94. The zero-order valence-electron chi connectivity index (χ0n) is 12.1. The van der Waals surface area contributed by atoms with Crippen molar-refractivity contribution in [2.75, 3.05) is 6.61 Å². The standard InChI is InChI=1S/C15H15N5O2/c1-2-22-15(21)13-17-14-10(6-8-20(14)18-13)11-9-19-7-4-3-5-12(19)16-11/h3-5,7,9-10H,2,6,8H2,1H3. The quantitative estimate of drug-likeness (QED) is 0.687. The third-order valence-corrected chi connectivity index (χ3v) is 3.84. The van der Waals surface area contributed by atoms with Crippen LogP contribution in [0.25, 0.3) is 5.65 Å². The third kappa shape index (κ3) is 1.97. The largest absolute Gasteiger partial charge is 0.460 e. The second-order valence-electron chi connectivity index (χ2n) is 5.21. The predicted molar refractivity (Wildman–Crippen MR) is 77.6 cm³/mol. The first-order valence-corrected chi connectivity index (χ1v) is 7.31. The molecule has 0 amide bonds. The van der Waals surface area contributed by atoms with Gasteiger partial charge >= 0.3 is 5.97 Å². The lowest BCUT2D eigenvalue weighted by Crippen LogP contribution is -2.08. The maximum absolute atomic E-state index is 11.8. The number of carbonyl (C=O) groups excluding carboxylic acids is 1. The number of hydrogen-bond donors (Lipinski definition) is 0. The number of aryl methyl sites for hydroxylation is 1. The molecule has 4 rings (SSSR count). The lowest BCUT2D eigenvalue weighted by Gasteiger charge is -2.02. The molecule has 1 aliphatic heterocycles. The SMILES string of the molecule is CCOC(=O)c1nc2n(n1)CCC2c1cn2ccccc2n1. The topological polar surface area (TPSA) is 74.3 Å². The number of rotatable bonds is 3. The van der Waals surface area contributed by atoms with E-state index < -0.39 is 5.97 Å². The van der Waals surface area contributed by atoms with Crippen LogP contribution in [0.4, 0.5) is 0 Å². The van der Waals surface area contributed by atoms with E-state index in [1.54, 1.807) is 11.6 Å². The first-order valence-electron chi connectivity index (χ1n) is 7.31. The maximum Gasteiger partial charge on any atom is 0.378 e. The molecule has 7 heteroatoms. The fraction of sp³-hybridized carbons (Fsp3) is 0.333. The number of aromatic nitrogens is 5. The number of ether oxygens (including phenoxy) is 1. The van der Waals surface area contributed by atoms with E-state index in [9.17, 15) is 4.79 Å². The summed E-state index contributed by atoms with van der Waals surface area (Å²) in [6, 6.07) is 5.89. The summed E-state index contributed by atoms with van der Waals surface area (Å²) >= 11 is 0. The van der Waals surface area contributed by atoms with Gasteiger partial charge in [0.2, 0.25) is 0 Å². The highest BCUT2D eigenvalue weighted by Gasteiger charge is 2.31. The summed E-state index contributed by atoms with van der Waals surface area (Å²) in [5, 5.41) is 4.24. The van der Waals surface area contributed by atoms with Crippen LogP contribution >= 0.6 is 0 Å². The Bertz CT molecular complexity index is 818. The molecular formula is C15H15N5O2. The van der Waals surface area contributed by atoms with Crippen molar-refractivity contribution in [3.63, 3.8) is 0 Å². The van der Waals surface area contributed by atoms with Crippen LogP contribution in [0.1, 0.15) is 41.4 Å². The van der Waals surface area contributed by atoms with Gasteiger partial charge in [-0.05, 0) is 25.5 Å². The Morgan fingerprint density at radius 3 is 3.14 bits per heavy atom. The molecule has 7 nitrogen and oxygen atoms in total. The molecule has 0 aromatic carbocycles. The summed E-state index contributed by atoms with van der Waals surface area (Å²) in [5.74, 6) is 0.505. The zero-order chi connectivity index (χ0) is 15.1. The van der Waals surface area contributed by atoms with E-state index in [1.807, 2.05) is 35.0 Å². The van der Waals surface area contributed by atoms with Crippen LogP contribution in [-0.2, 0) is 11.3 Å². The molecule has 1 unspecified atom stereocenters. The molecule has 0 N–H and O–H groups in total. The van der Waals surface area contributed by atoms with Gasteiger partial charge in [-0.2, -0.15) is 0 Å². The minimum absolute atomic E-state index is 0.0653. The molecule has 0 fully saturated rings. The van der Waals surface area contributed by atoms with Crippen LogP contribution in [-0.4, -0.2) is 36.7 Å². The van der Waals surface area contributed by atoms with Gasteiger partial charge < -0.3 is 9.14 Å². The van der Waals surface area contributed by atoms with Gasteiger partial charge in [-0.25, -0.2) is 19.4 Å². The molecule has 3 aromatic rings. The van der Waals surface area contributed by atoms with Crippen LogP contribution in [0.3, 0.4) is 0 Å². The highest BCUT2D eigenvalue weighted by atomic mass is 16.5. The van der Waals surface area contributed by atoms with Crippen molar-refractivity contribution in [1.29, 1.82) is 0 Å². The van der Waals surface area contributed by atoms with Gasteiger partial charge in [-0.1, -0.05) is 6.07 Å². The van der Waals surface area contributed by atoms with Crippen molar-refractivity contribution in [3.05, 3.63) is 47.9 Å². The summed E-state index contributed by atoms with van der Waals surface area (Å²) in [5.41, 5.74) is 1.86. The average Bonchev–Trinajstić information content (AvgIpc) is 3.20. The van der Waals surface area contributed by atoms with Gasteiger partial charge in [0.1, 0.15) is 11.5 Å². The molecule has 3 aromatic heterocycles. The smallest absolute Gasteiger partial charge is 0.378 e. The van der Waals surface area contributed by atoms with Gasteiger partial charge in [0.15, 0.2) is 0 Å². The van der Waals surface area contributed by atoms with Crippen molar-refractivity contribution in [3.8, 4) is 0 Å². The van der Waals surface area contributed by atoms with Crippen molar-refractivity contribution in [2.45, 2.75) is 25.8 Å². The predicted octanol–water partition coefficient (Wildman–Crippen LogP) is 1.64. The van der Waals surface area contributed by atoms with E-state index in [4.69, 9.17) is 4.74 Å². The van der Waals surface area contributed by atoms with Gasteiger partial charge in [-0.15, -0.1) is 5.10 Å². The molecule has 22 heavy (non-hydrogen) atoms. The maximum atomic E-state index is 11.8. The number of hydrogen-bond acceptors (Lipinski definition) is 5. The molecule has 4 heterocycles. The van der Waals surface area contributed by atoms with Gasteiger partial charge in [-0.3, -0.25) is 0 Å². The molecule has 1 atom stereocenters. The number of nitrogens with zero attached hydrogens (tertiary/aromatic N) is 5. The van der Waals surface area contributed by atoms with Gasteiger partial charge in [0.25, 0.3) is 5.82 Å². The van der Waals surface area contributed by atoms with Crippen LogP contribution in [0.2, 0.25) is 0 Å². The minimum atomic E-state index is -0.474. The van der Waals surface area contributed by atoms with Gasteiger partial charge in [0.05, 0.1) is 18.2 Å². The van der Waals surface area contributed by atoms with Crippen LogP contribution < -0.4 is 0 Å². The van der Waals surface area contributed by atoms with Crippen molar-refractivity contribution < 1.29 is 9.53 Å². The Balaban J connectivity index is 1.70. The molecule has 0 radical (unpaired) electrons. The highest BCUT2D eigenvalue weighted by molar-refractivity contribution is 5.85. The summed E-state index contributed by atoms with van der Waals surface area (Å²) in [6.07, 6.45) is 4.87. The fourth-order valence-corrected chi connectivity index (χ4v) is 2.84. The number of pyridine rings is 1. The van der Waals surface area contributed by atoms with Crippen LogP contribution in [0, 0.1) is 0 Å². The summed E-state index contributed by atoms with van der Waals surface area (Å²) in [4.78, 5) is 20.8. The lowest BCUT2D eigenvalue weighted by atomic mass is 10.0. The zero-order valence-corrected chi connectivity index (χ0v) is 12.1. The average molecular weight is 297 g/mol. The Morgan fingerprint density at radius 2 is 2.32 bits per heavy atom. The normalized spacial score (nSPS) is 16.9. The van der Waals surface area contributed by atoms with Crippen molar-refractivity contribution >= 4 is 11.6 Å². The Kier molecular flexibility index (Phi) is 2.92. The Hall–Kier alpha value is -2.70. The number of imidazole rings is 1. The van der Waals surface area contributed by atoms with E-state index in [1.165, 1.54) is 0 Å². The molecule has 0 spiro atoms. The number of fused-ring (bicyclic) bond motifs is 2. The number of carbonyl (C=O) groups is 1. The molecular weight excluding hydrogens is 282 g/mol. The van der Waals surface area contributed by atoms with Crippen LogP contribution in [0.5, 0.6) is 0 Å². The van der Waals surface area contributed by atoms with E-state index >= 15 is 0 Å². The van der Waals surface area contributed by atoms with E-state index in [2.05, 4.69) is 15.1 Å². The minimum Gasteiger partial charge on any atom is -0.460 e. The monoisotopic (exact) mass is 297 g/mol. The Labute approximate surface area is 126 Å². The molecule has 112 valence electrons. The van der Waals surface area contributed by atoms with Crippen molar-refractivity contribution in [2.24, 2.45) is 0 Å². The lowest BCUT2D eigenvalue weighted by molar-refractivity contribution is 0.0511. The summed E-state index contributed by atoms with van der Waals surface area (Å²) in [7, 11) is 0. The first kappa shape index (κ1) is 13.0. The first-order chi connectivity index (χ1) is 10.8. The number of esters is 1. The van der Waals surface area contributed by atoms with E-state index in [-0.39, 0.29) is 11.7 Å². The Morgan fingerprint density at radius 1 is 1.41 bits per heavy atom. The van der Waals surface area contributed by atoms with E-state index in [0.717, 1.165) is 30.1 Å². The van der Waals surface area contributed by atoms with E-state index in [0.29, 0.717) is 6.61 Å². The molecule has 0 saturated heterocycles. The molecule has 1 aliphatic rings. The second-order valence-corrected chi connectivity index (χ2v) is 5.21. The summed E-state index contributed by atoms with van der Waals surface area (Å²) in [6.45, 7) is 2.82. The summed E-state index contributed by atoms with van der Waals surface area (Å²) < 4.78 is 8.72. The highest BCUT2D eigenvalue weighted by Crippen LogP contribution is 2.32. The van der Waals surface area contributed by atoms with Gasteiger partial charge in [0, 0.05) is 18.9 Å². The van der Waals surface area contributed by atoms with Crippen molar-refractivity contribution in [1.82, 2.24) is 24.1 Å². The third-order valence-electron chi connectivity index (χ3n) is 3.84. The molecule has 0 aliphatic carbocycles. The molecule has 0 bridgehead atoms.